The summed E-state index contributed by atoms with van der Waals surface area (Å²) >= 11 is 0. The number of rotatable bonds is 6. The highest BCUT2D eigenvalue weighted by atomic mass is 16.7. The van der Waals surface area contributed by atoms with Crippen LogP contribution in [0.4, 0.5) is 11.4 Å². The van der Waals surface area contributed by atoms with Crippen molar-refractivity contribution >= 4 is 11.4 Å². The summed E-state index contributed by atoms with van der Waals surface area (Å²) in [4.78, 5) is 2.01. The summed E-state index contributed by atoms with van der Waals surface area (Å²) in [6.07, 6.45) is 2.58. The van der Waals surface area contributed by atoms with Gasteiger partial charge in [0, 0.05) is 25.8 Å². The molecule has 4 nitrogen and oxygen atoms in total. The van der Waals surface area contributed by atoms with Crippen LogP contribution in [0.15, 0.2) is 18.2 Å². The van der Waals surface area contributed by atoms with Crippen LogP contribution < -0.4 is 15.4 Å². The molecule has 2 rings (SSSR count). The summed E-state index contributed by atoms with van der Waals surface area (Å²) in [5, 5.41) is 0. The monoisotopic (exact) mass is 236 g/mol. The molecular formula is C13H20N2O2. The van der Waals surface area contributed by atoms with Gasteiger partial charge in [0.25, 0.3) is 0 Å². The number of anilines is 2. The van der Waals surface area contributed by atoms with Crippen LogP contribution in [0.2, 0.25) is 0 Å². The van der Waals surface area contributed by atoms with Gasteiger partial charge in [0.2, 0.25) is 0 Å². The molecule has 0 saturated heterocycles. The first kappa shape index (κ1) is 12.0. The molecule has 0 aliphatic heterocycles. The van der Waals surface area contributed by atoms with Gasteiger partial charge in [-0.15, -0.1) is 0 Å². The van der Waals surface area contributed by atoms with Gasteiger partial charge in [-0.2, -0.15) is 0 Å². The standard InChI is InChI=1S/C13H20N2O2/c1-15(2)11-5-6-12(14)13(7-11)17-9-16-8-10-3-4-10/h5-7,10H,3-4,8-9,14H2,1-2H3. The Bertz CT molecular complexity index is 376. The third-order valence-electron chi connectivity index (χ3n) is 2.86. The Morgan fingerprint density at radius 3 is 2.76 bits per heavy atom. The van der Waals surface area contributed by atoms with Crippen LogP contribution in [0.5, 0.6) is 5.75 Å². The quantitative estimate of drug-likeness (QED) is 0.467. The smallest absolute Gasteiger partial charge is 0.189 e. The maximum Gasteiger partial charge on any atom is 0.189 e. The Kier molecular flexibility index (Phi) is 3.74. The first-order valence-corrected chi connectivity index (χ1v) is 5.94. The zero-order valence-corrected chi connectivity index (χ0v) is 10.5. The average molecular weight is 236 g/mol. The van der Waals surface area contributed by atoms with Gasteiger partial charge in [-0.05, 0) is 30.9 Å². The summed E-state index contributed by atoms with van der Waals surface area (Å²) in [6.45, 7) is 1.07. The summed E-state index contributed by atoms with van der Waals surface area (Å²) in [5.41, 5.74) is 7.56. The zero-order valence-electron chi connectivity index (χ0n) is 10.5. The molecule has 0 aromatic heterocycles. The molecule has 1 aromatic carbocycles. The Morgan fingerprint density at radius 2 is 2.12 bits per heavy atom. The fourth-order valence-electron chi connectivity index (χ4n) is 1.53. The number of nitrogen functional groups attached to an aromatic ring is 1. The SMILES string of the molecule is CN(C)c1ccc(N)c(OCOCC2CC2)c1. The molecular weight excluding hydrogens is 216 g/mol. The second-order valence-electron chi connectivity index (χ2n) is 4.69. The minimum atomic E-state index is 0.275. The Hall–Kier alpha value is -1.42. The molecule has 0 unspecified atom stereocenters. The van der Waals surface area contributed by atoms with E-state index in [0.29, 0.717) is 11.4 Å². The van der Waals surface area contributed by atoms with E-state index < -0.39 is 0 Å². The third kappa shape index (κ3) is 3.53. The molecule has 0 amide bonds. The lowest BCUT2D eigenvalue weighted by molar-refractivity contribution is 0.0104. The van der Waals surface area contributed by atoms with Crippen molar-refractivity contribution in [1.29, 1.82) is 0 Å². The Labute approximate surface area is 102 Å². The lowest BCUT2D eigenvalue weighted by atomic mass is 10.2. The Balaban J connectivity index is 1.86. The van der Waals surface area contributed by atoms with Crippen molar-refractivity contribution in [1.82, 2.24) is 0 Å². The van der Waals surface area contributed by atoms with E-state index in [9.17, 15) is 0 Å². The second kappa shape index (κ2) is 5.27. The molecule has 0 radical (unpaired) electrons. The largest absolute Gasteiger partial charge is 0.465 e. The van der Waals surface area contributed by atoms with E-state index in [0.717, 1.165) is 18.2 Å². The minimum absolute atomic E-state index is 0.275. The maximum atomic E-state index is 5.84. The molecule has 4 heteroatoms. The van der Waals surface area contributed by atoms with E-state index in [2.05, 4.69) is 0 Å². The van der Waals surface area contributed by atoms with Gasteiger partial charge in [-0.1, -0.05) is 0 Å². The van der Waals surface area contributed by atoms with Crippen molar-refractivity contribution in [2.75, 3.05) is 38.1 Å². The van der Waals surface area contributed by atoms with Crippen LogP contribution in [-0.2, 0) is 4.74 Å². The first-order chi connectivity index (χ1) is 8.16. The van der Waals surface area contributed by atoms with Crippen molar-refractivity contribution in [3.05, 3.63) is 18.2 Å². The fraction of sp³-hybridized carbons (Fsp3) is 0.538. The molecule has 17 heavy (non-hydrogen) atoms. The lowest BCUT2D eigenvalue weighted by Crippen LogP contribution is -2.10. The number of nitrogens with two attached hydrogens (primary N) is 1. The van der Waals surface area contributed by atoms with Crippen LogP contribution in [0.3, 0.4) is 0 Å². The van der Waals surface area contributed by atoms with Gasteiger partial charge in [0.05, 0.1) is 12.3 Å². The van der Waals surface area contributed by atoms with Gasteiger partial charge in [0.1, 0.15) is 5.75 Å². The van der Waals surface area contributed by atoms with E-state index in [-0.39, 0.29) is 6.79 Å². The molecule has 0 heterocycles. The highest BCUT2D eigenvalue weighted by Crippen LogP contribution is 2.29. The molecule has 1 fully saturated rings. The van der Waals surface area contributed by atoms with E-state index in [1.165, 1.54) is 12.8 Å². The van der Waals surface area contributed by atoms with E-state index in [1.807, 2.05) is 37.2 Å². The highest BCUT2D eigenvalue weighted by molar-refractivity contribution is 5.61. The number of hydrogen-bond acceptors (Lipinski definition) is 4. The molecule has 1 saturated carbocycles. The number of nitrogens with zero attached hydrogens (tertiary/aromatic N) is 1. The van der Waals surface area contributed by atoms with Gasteiger partial charge in [-0.3, -0.25) is 0 Å². The molecule has 0 bridgehead atoms. The van der Waals surface area contributed by atoms with Gasteiger partial charge >= 0.3 is 0 Å². The minimum Gasteiger partial charge on any atom is -0.465 e. The summed E-state index contributed by atoms with van der Waals surface area (Å²) in [5.74, 6) is 1.44. The van der Waals surface area contributed by atoms with Crippen molar-refractivity contribution < 1.29 is 9.47 Å². The molecule has 0 spiro atoms. The first-order valence-electron chi connectivity index (χ1n) is 5.94. The lowest BCUT2D eigenvalue weighted by Gasteiger charge is -2.15. The number of hydrogen-bond donors (Lipinski definition) is 1. The topological polar surface area (TPSA) is 47.7 Å². The molecule has 1 aliphatic rings. The molecule has 0 atom stereocenters. The molecule has 2 N–H and O–H groups in total. The van der Waals surface area contributed by atoms with Crippen LogP contribution in [0, 0.1) is 5.92 Å². The molecule has 94 valence electrons. The predicted octanol–water partition coefficient (Wildman–Crippen LogP) is 2.10. The van der Waals surface area contributed by atoms with Crippen molar-refractivity contribution in [2.45, 2.75) is 12.8 Å². The summed E-state index contributed by atoms with van der Waals surface area (Å²) in [7, 11) is 3.97. The van der Waals surface area contributed by atoms with Crippen LogP contribution in [0.1, 0.15) is 12.8 Å². The summed E-state index contributed by atoms with van der Waals surface area (Å²) in [6, 6.07) is 5.74. The second-order valence-corrected chi connectivity index (χ2v) is 4.69. The van der Waals surface area contributed by atoms with E-state index >= 15 is 0 Å². The zero-order chi connectivity index (χ0) is 12.3. The van der Waals surface area contributed by atoms with E-state index in [1.54, 1.807) is 0 Å². The highest BCUT2D eigenvalue weighted by Gasteiger charge is 2.21. The van der Waals surface area contributed by atoms with Crippen LogP contribution in [0.25, 0.3) is 0 Å². The Morgan fingerprint density at radius 1 is 1.35 bits per heavy atom. The fourth-order valence-corrected chi connectivity index (χ4v) is 1.53. The van der Waals surface area contributed by atoms with Crippen molar-refractivity contribution in [3.63, 3.8) is 0 Å². The van der Waals surface area contributed by atoms with E-state index in [4.69, 9.17) is 15.2 Å². The molecule has 1 aliphatic carbocycles. The predicted molar refractivity (Wildman–Crippen MR) is 69.4 cm³/mol. The van der Waals surface area contributed by atoms with Gasteiger partial charge < -0.3 is 20.1 Å². The van der Waals surface area contributed by atoms with Gasteiger partial charge in [-0.25, -0.2) is 0 Å². The molecule has 1 aromatic rings. The number of benzene rings is 1. The van der Waals surface area contributed by atoms with Crippen LogP contribution in [-0.4, -0.2) is 27.5 Å². The third-order valence-corrected chi connectivity index (χ3v) is 2.86. The maximum absolute atomic E-state index is 5.84. The normalized spacial score (nSPS) is 14.7. The van der Waals surface area contributed by atoms with Crippen molar-refractivity contribution in [2.24, 2.45) is 5.92 Å². The van der Waals surface area contributed by atoms with Crippen LogP contribution >= 0.6 is 0 Å². The summed E-state index contributed by atoms with van der Waals surface area (Å²) < 4.78 is 11.0. The van der Waals surface area contributed by atoms with Crippen molar-refractivity contribution in [3.8, 4) is 5.75 Å². The average Bonchev–Trinajstić information content (AvgIpc) is 3.10. The number of ether oxygens (including phenoxy) is 2. The van der Waals surface area contributed by atoms with Gasteiger partial charge in [0.15, 0.2) is 6.79 Å².